The summed E-state index contributed by atoms with van der Waals surface area (Å²) in [4.78, 5) is 2.36. The van der Waals surface area contributed by atoms with Crippen LogP contribution in [0.25, 0.3) is 0 Å². The van der Waals surface area contributed by atoms with Crippen LogP contribution in [0.1, 0.15) is 38.2 Å². The van der Waals surface area contributed by atoms with Crippen molar-refractivity contribution in [1.29, 1.82) is 5.26 Å². The number of sulfone groups is 1. The lowest BCUT2D eigenvalue weighted by Gasteiger charge is -2.38. The largest absolute Gasteiger partial charge is 0.392 e. The van der Waals surface area contributed by atoms with Gasteiger partial charge in [0.15, 0.2) is 9.84 Å². The zero-order valence-corrected chi connectivity index (χ0v) is 14.3. The second-order valence-corrected chi connectivity index (χ2v) is 8.14. The second kappa shape index (κ2) is 7.91. The first-order valence-corrected chi connectivity index (χ1v) is 9.78. The van der Waals surface area contributed by atoms with Crippen LogP contribution < -0.4 is 0 Å². The van der Waals surface area contributed by atoms with Crippen LogP contribution in [0.5, 0.6) is 0 Å². The number of hydrogen-bond acceptors (Lipinski definition) is 5. The van der Waals surface area contributed by atoms with Crippen molar-refractivity contribution in [2.24, 2.45) is 0 Å². The molecule has 2 atom stereocenters. The van der Waals surface area contributed by atoms with Gasteiger partial charge >= 0.3 is 0 Å². The minimum atomic E-state index is -3.37. The molecule has 126 valence electrons. The van der Waals surface area contributed by atoms with Crippen LogP contribution >= 0.6 is 0 Å². The van der Waals surface area contributed by atoms with Gasteiger partial charge in [-0.1, -0.05) is 13.3 Å². The number of hydrogen-bond donors (Lipinski definition) is 1. The molecule has 1 saturated heterocycles. The highest BCUT2D eigenvalue weighted by Gasteiger charge is 2.28. The first kappa shape index (κ1) is 17.9. The molecule has 0 radical (unpaired) electrons. The molecular weight excluding hydrogens is 312 g/mol. The van der Waals surface area contributed by atoms with Gasteiger partial charge < -0.3 is 5.11 Å². The maximum atomic E-state index is 12.4. The van der Waals surface area contributed by atoms with Gasteiger partial charge in [0.1, 0.15) is 0 Å². The van der Waals surface area contributed by atoms with E-state index < -0.39 is 15.9 Å². The predicted octanol–water partition coefficient (Wildman–Crippen LogP) is 1.96. The highest BCUT2D eigenvalue weighted by atomic mass is 32.2. The van der Waals surface area contributed by atoms with Crippen LogP contribution in [0.3, 0.4) is 0 Å². The zero-order chi connectivity index (χ0) is 16.9. The average Bonchev–Trinajstić information content (AvgIpc) is 2.59. The monoisotopic (exact) mass is 336 g/mol. The normalized spacial score (nSPS) is 20.8. The highest BCUT2D eigenvalue weighted by molar-refractivity contribution is 7.91. The number of nitrogens with zero attached hydrogens (tertiary/aromatic N) is 2. The summed E-state index contributed by atoms with van der Waals surface area (Å²) in [7, 11) is -3.37. The molecule has 2 rings (SSSR count). The third-order valence-electron chi connectivity index (χ3n) is 4.52. The Morgan fingerprint density at radius 2 is 2.04 bits per heavy atom. The number of piperidine rings is 1. The fourth-order valence-electron chi connectivity index (χ4n) is 3.09. The summed E-state index contributed by atoms with van der Waals surface area (Å²) in [6.07, 6.45) is 3.34. The molecule has 0 aliphatic carbocycles. The van der Waals surface area contributed by atoms with Crippen LogP contribution in [-0.2, 0) is 9.84 Å². The molecule has 1 fully saturated rings. The summed E-state index contributed by atoms with van der Waals surface area (Å²) in [5, 5.41) is 18.9. The predicted molar refractivity (Wildman–Crippen MR) is 88.7 cm³/mol. The molecule has 1 aromatic rings. The standard InChI is InChI=1S/C17H24N2O3S/c1-2-17(20)16-5-3-4-10-19(16)11-12-23(21,22)15-8-6-14(13-18)7-9-15/h6-9,16-17,20H,2-5,10-12H2,1H3. The molecule has 6 heteroatoms. The van der Waals surface area contributed by atoms with Crippen molar-refractivity contribution in [2.45, 2.75) is 49.6 Å². The van der Waals surface area contributed by atoms with E-state index in [2.05, 4.69) is 4.90 Å². The van der Waals surface area contributed by atoms with Gasteiger partial charge in [0.2, 0.25) is 0 Å². The van der Waals surface area contributed by atoms with Gasteiger partial charge in [-0.05, 0) is 50.1 Å². The second-order valence-electron chi connectivity index (χ2n) is 6.03. The molecule has 0 bridgehead atoms. The van der Waals surface area contributed by atoms with E-state index in [1.807, 2.05) is 13.0 Å². The van der Waals surface area contributed by atoms with Gasteiger partial charge in [-0.15, -0.1) is 0 Å². The van der Waals surface area contributed by atoms with Gasteiger partial charge in [-0.3, -0.25) is 4.90 Å². The molecule has 0 saturated carbocycles. The SMILES string of the molecule is CCC(O)C1CCCCN1CCS(=O)(=O)c1ccc(C#N)cc1. The van der Waals surface area contributed by atoms with Crippen molar-refractivity contribution in [3.8, 4) is 6.07 Å². The minimum absolute atomic E-state index is 0.0336. The van der Waals surface area contributed by atoms with E-state index in [-0.39, 0.29) is 16.7 Å². The van der Waals surface area contributed by atoms with E-state index in [0.29, 0.717) is 18.5 Å². The summed E-state index contributed by atoms with van der Waals surface area (Å²) >= 11 is 0. The molecule has 1 aliphatic heterocycles. The Morgan fingerprint density at radius 3 is 2.65 bits per heavy atom. The smallest absolute Gasteiger partial charge is 0.179 e. The summed E-state index contributed by atoms with van der Waals surface area (Å²) in [6.45, 7) is 3.22. The van der Waals surface area contributed by atoms with Crippen molar-refractivity contribution < 1.29 is 13.5 Å². The third kappa shape index (κ3) is 4.54. The van der Waals surface area contributed by atoms with Gasteiger partial charge in [0.25, 0.3) is 0 Å². The number of aliphatic hydroxyl groups excluding tert-OH is 1. The first-order valence-electron chi connectivity index (χ1n) is 8.13. The topological polar surface area (TPSA) is 81.4 Å². The molecule has 1 aromatic carbocycles. The molecule has 1 N–H and O–H groups in total. The lowest BCUT2D eigenvalue weighted by Crippen LogP contribution is -2.48. The summed E-state index contributed by atoms with van der Waals surface area (Å²) < 4.78 is 24.9. The molecule has 2 unspecified atom stereocenters. The zero-order valence-electron chi connectivity index (χ0n) is 13.5. The molecule has 1 aliphatic rings. The van der Waals surface area contributed by atoms with Gasteiger partial charge in [0.05, 0.1) is 28.4 Å². The van der Waals surface area contributed by atoms with E-state index in [1.54, 1.807) is 0 Å². The van der Waals surface area contributed by atoms with Gasteiger partial charge in [0, 0.05) is 12.6 Å². The molecule has 0 spiro atoms. The Kier molecular flexibility index (Phi) is 6.17. The van der Waals surface area contributed by atoms with Crippen molar-refractivity contribution in [2.75, 3.05) is 18.8 Å². The van der Waals surface area contributed by atoms with Gasteiger partial charge in [-0.25, -0.2) is 8.42 Å². The van der Waals surface area contributed by atoms with Crippen LogP contribution in [0.2, 0.25) is 0 Å². The van der Waals surface area contributed by atoms with Crippen molar-refractivity contribution >= 4 is 9.84 Å². The first-order chi connectivity index (χ1) is 11.0. The fraction of sp³-hybridized carbons (Fsp3) is 0.588. The lowest BCUT2D eigenvalue weighted by atomic mass is 9.96. The number of rotatable bonds is 6. The van der Waals surface area contributed by atoms with E-state index in [1.165, 1.54) is 24.3 Å². The maximum absolute atomic E-state index is 12.4. The van der Waals surface area contributed by atoms with E-state index in [4.69, 9.17) is 5.26 Å². The van der Waals surface area contributed by atoms with E-state index in [0.717, 1.165) is 25.8 Å². The third-order valence-corrected chi connectivity index (χ3v) is 6.23. The van der Waals surface area contributed by atoms with Crippen LogP contribution in [0.4, 0.5) is 0 Å². The van der Waals surface area contributed by atoms with Crippen molar-refractivity contribution in [3.05, 3.63) is 29.8 Å². The fourth-order valence-corrected chi connectivity index (χ4v) is 4.36. The Morgan fingerprint density at radius 1 is 1.35 bits per heavy atom. The Hall–Kier alpha value is -1.42. The van der Waals surface area contributed by atoms with Crippen molar-refractivity contribution in [3.63, 3.8) is 0 Å². The molecule has 0 aromatic heterocycles. The maximum Gasteiger partial charge on any atom is 0.179 e. The Labute approximate surface area is 138 Å². The molecule has 5 nitrogen and oxygen atoms in total. The molecule has 23 heavy (non-hydrogen) atoms. The van der Waals surface area contributed by atoms with Gasteiger partial charge in [-0.2, -0.15) is 5.26 Å². The lowest BCUT2D eigenvalue weighted by molar-refractivity contribution is 0.0275. The Balaban J connectivity index is 2.03. The van der Waals surface area contributed by atoms with Crippen molar-refractivity contribution in [1.82, 2.24) is 4.90 Å². The summed E-state index contributed by atoms with van der Waals surface area (Å²) in [5.74, 6) is 0.0336. The summed E-state index contributed by atoms with van der Waals surface area (Å²) in [5.41, 5.74) is 0.450. The molecule has 1 heterocycles. The summed E-state index contributed by atoms with van der Waals surface area (Å²) in [6, 6.07) is 8.07. The van der Waals surface area contributed by atoms with E-state index >= 15 is 0 Å². The molecular formula is C17H24N2O3S. The minimum Gasteiger partial charge on any atom is -0.392 e. The van der Waals surface area contributed by atoms with Crippen LogP contribution in [0.15, 0.2) is 29.2 Å². The molecule has 0 amide bonds. The Bertz CT molecular complexity index is 649. The number of benzene rings is 1. The number of aliphatic hydroxyl groups is 1. The van der Waals surface area contributed by atoms with Crippen LogP contribution in [0, 0.1) is 11.3 Å². The number of likely N-dealkylation sites (tertiary alicyclic amines) is 1. The average molecular weight is 336 g/mol. The highest BCUT2D eigenvalue weighted by Crippen LogP contribution is 2.22. The quantitative estimate of drug-likeness (QED) is 0.859. The van der Waals surface area contributed by atoms with E-state index in [9.17, 15) is 13.5 Å². The van der Waals surface area contributed by atoms with Crippen LogP contribution in [-0.4, -0.2) is 49.4 Å². The number of nitriles is 1.